The van der Waals surface area contributed by atoms with Crippen molar-refractivity contribution in [1.29, 1.82) is 0 Å². The predicted octanol–water partition coefficient (Wildman–Crippen LogP) is 0.974. The first-order chi connectivity index (χ1) is 7.03. The monoisotopic (exact) mass is 242 g/mol. The summed E-state index contributed by atoms with van der Waals surface area (Å²) in [6.07, 6.45) is -4.31. The molecule has 0 bridgehead atoms. The summed E-state index contributed by atoms with van der Waals surface area (Å²) in [4.78, 5) is 0. The zero-order chi connectivity index (χ0) is 11.3. The maximum Gasteiger partial charge on any atom is 0.408 e. The number of nitrogens with zero attached hydrogens (tertiary/aromatic N) is 4. The Kier molecular flexibility index (Phi) is 4.33. The van der Waals surface area contributed by atoms with Crippen molar-refractivity contribution >= 4 is 11.8 Å². The zero-order valence-electron chi connectivity index (χ0n) is 7.86. The first-order valence-corrected chi connectivity index (χ1v) is 4.96. The van der Waals surface area contributed by atoms with Crippen LogP contribution < -0.4 is 0 Å². The standard InChI is InChI=1S/C6H9F3N4OS/c1-14-2-3-15-5-10-11-12-13(5)4-6(7,8)9/h2-4H2,1H3. The van der Waals surface area contributed by atoms with Crippen LogP contribution in [0.25, 0.3) is 0 Å². The van der Waals surface area contributed by atoms with Crippen molar-refractivity contribution in [2.24, 2.45) is 0 Å². The molecule has 0 aliphatic heterocycles. The Balaban J connectivity index is 2.53. The lowest BCUT2D eigenvalue weighted by Gasteiger charge is -2.06. The molecule has 1 aromatic rings. The first kappa shape index (κ1) is 12.2. The minimum Gasteiger partial charge on any atom is -0.384 e. The molecule has 9 heteroatoms. The van der Waals surface area contributed by atoms with Gasteiger partial charge in [0, 0.05) is 12.9 Å². The van der Waals surface area contributed by atoms with Crippen molar-refractivity contribution in [3.63, 3.8) is 0 Å². The lowest BCUT2D eigenvalue weighted by Crippen LogP contribution is -2.19. The van der Waals surface area contributed by atoms with Crippen LogP contribution in [-0.2, 0) is 11.3 Å². The van der Waals surface area contributed by atoms with Crippen LogP contribution in [0.2, 0.25) is 0 Å². The van der Waals surface area contributed by atoms with Crippen LogP contribution in [0.5, 0.6) is 0 Å². The SMILES string of the molecule is COCCSc1nnnn1CC(F)(F)F. The molecule has 0 unspecified atom stereocenters. The number of alkyl halides is 3. The molecule has 0 N–H and O–H groups in total. The lowest BCUT2D eigenvalue weighted by molar-refractivity contribution is -0.144. The third kappa shape index (κ3) is 4.47. The molecule has 0 amide bonds. The van der Waals surface area contributed by atoms with E-state index in [0.29, 0.717) is 12.4 Å². The molecule has 0 radical (unpaired) electrons. The van der Waals surface area contributed by atoms with E-state index in [9.17, 15) is 13.2 Å². The van der Waals surface area contributed by atoms with E-state index in [1.165, 1.54) is 7.11 Å². The van der Waals surface area contributed by atoms with Gasteiger partial charge in [0.05, 0.1) is 6.61 Å². The molecule has 0 saturated heterocycles. The van der Waals surface area contributed by atoms with Gasteiger partial charge in [-0.2, -0.15) is 13.2 Å². The second-order valence-corrected chi connectivity index (χ2v) is 3.64. The Hall–Kier alpha value is -0.830. The molecule has 1 aromatic heterocycles. The van der Waals surface area contributed by atoms with E-state index >= 15 is 0 Å². The number of tetrazole rings is 1. The molecular formula is C6H9F3N4OS. The number of methoxy groups -OCH3 is 1. The van der Waals surface area contributed by atoms with Crippen molar-refractivity contribution in [2.75, 3.05) is 19.5 Å². The number of halogens is 3. The Morgan fingerprint density at radius 3 is 2.80 bits per heavy atom. The van der Waals surface area contributed by atoms with Gasteiger partial charge in [0.1, 0.15) is 6.54 Å². The topological polar surface area (TPSA) is 52.8 Å². The van der Waals surface area contributed by atoms with Gasteiger partial charge in [0.2, 0.25) is 5.16 Å². The van der Waals surface area contributed by atoms with Gasteiger partial charge in [0.25, 0.3) is 0 Å². The molecule has 0 spiro atoms. The van der Waals surface area contributed by atoms with E-state index < -0.39 is 12.7 Å². The van der Waals surface area contributed by atoms with Crippen LogP contribution in [0.15, 0.2) is 5.16 Å². The van der Waals surface area contributed by atoms with Crippen LogP contribution in [0, 0.1) is 0 Å². The molecule has 5 nitrogen and oxygen atoms in total. The molecule has 15 heavy (non-hydrogen) atoms. The summed E-state index contributed by atoms with van der Waals surface area (Å²) < 4.78 is 41.6. The Morgan fingerprint density at radius 2 is 2.20 bits per heavy atom. The summed E-state index contributed by atoms with van der Waals surface area (Å²) >= 11 is 1.12. The van der Waals surface area contributed by atoms with E-state index in [2.05, 4.69) is 15.5 Å². The quantitative estimate of drug-likeness (QED) is 0.569. The molecule has 0 aliphatic rings. The Bertz CT molecular complexity index is 303. The number of thioether (sulfide) groups is 1. The van der Waals surface area contributed by atoms with E-state index in [1.807, 2.05) is 0 Å². The average molecular weight is 242 g/mol. The van der Waals surface area contributed by atoms with Gasteiger partial charge in [-0.15, -0.1) is 5.10 Å². The third-order valence-electron chi connectivity index (χ3n) is 1.35. The van der Waals surface area contributed by atoms with Gasteiger partial charge in [-0.3, -0.25) is 0 Å². The Labute approximate surface area is 88.0 Å². The maximum atomic E-state index is 12.0. The summed E-state index contributed by atoms with van der Waals surface area (Å²) in [5.41, 5.74) is 0. The molecule has 86 valence electrons. The van der Waals surface area contributed by atoms with Crippen LogP contribution in [0.4, 0.5) is 13.2 Å². The van der Waals surface area contributed by atoms with E-state index in [0.717, 1.165) is 16.4 Å². The largest absolute Gasteiger partial charge is 0.408 e. The van der Waals surface area contributed by atoms with Crippen molar-refractivity contribution in [1.82, 2.24) is 20.2 Å². The van der Waals surface area contributed by atoms with Gasteiger partial charge < -0.3 is 4.74 Å². The van der Waals surface area contributed by atoms with E-state index in [4.69, 9.17) is 4.74 Å². The van der Waals surface area contributed by atoms with Crippen molar-refractivity contribution in [3.05, 3.63) is 0 Å². The van der Waals surface area contributed by atoms with Gasteiger partial charge in [0.15, 0.2) is 0 Å². The first-order valence-electron chi connectivity index (χ1n) is 3.97. The minimum atomic E-state index is -4.31. The molecule has 1 heterocycles. The highest BCUT2D eigenvalue weighted by atomic mass is 32.2. The summed E-state index contributed by atoms with van der Waals surface area (Å²) in [5, 5.41) is 10.1. The molecule has 0 aromatic carbocycles. The zero-order valence-corrected chi connectivity index (χ0v) is 8.68. The van der Waals surface area contributed by atoms with E-state index in [1.54, 1.807) is 0 Å². The van der Waals surface area contributed by atoms with Crippen LogP contribution in [0.1, 0.15) is 0 Å². The molecule has 0 atom stereocenters. The second kappa shape index (κ2) is 5.31. The fraction of sp³-hybridized carbons (Fsp3) is 0.833. The van der Waals surface area contributed by atoms with Gasteiger partial charge in [-0.25, -0.2) is 4.68 Å². The average Bonchev–Trinajstić information content (AvgIpc) is 2.50. The predicted molar refractivity (Wildman–Crippen MR) is 46.5 cm³/mol. The maximum absolute atomic E-state index is 12.0. The number of hydrogen-bond donors (Lipinski definition) is 0. The second-order valence-electron chi connectivity index (χ2n) is 2.58. The van der Waals surface area contributed by atoms with Crippen LogP contribution >= 0.6 is 11.8 Å². The summed E-state index contributed by atoms with van der Waals surface area (Å²) in [6.45, 7) is -0.737. The lowest BCUT2D eigenvalue weighted by atomic mass is 10.6. The van der Waals surface area contributed by atoms with E-state index in [-0.39, 0.29) is 5.16 Å². The number of ether oxygens (including phenoxy) is 1. The molecule has 0 aliphatic carbocycles. The van der Waals surface area contributed by atoms with Crippen molar-refractivity contribution in [3.8, 4) is 0 Å². The number of aromatic nitrogens is 4. The smallest absolute Gasteiger partial charge is 0.384 e. The van der Waals surface area contributed by atoms with Gasteiger partial charge in [-0.05, 0) is 10.4 Å². The molecule has 0 fully saturated rings. The van der Waals surface area contributed by atoms with Gasteiger partial charge in [-0.1, -0.05) is 11.8 Å². The van der Waals surface area contributed by atoms with Gasteiger partial charge >= 0.3 is 6.18 Å². The highest BCUT2D eigenvalue weighted by Gasteiger charge is 2.30. The fourth-order valence-corrected chi connectivity index (χ4v) is 1.56. The fourth-order valence-electron chi connectivity index (χ4n) is 0.785. The van der Waals surface area contributed by atoms with Crippen LogP contribution in [0.3, 0.4) is 0 Å². The summed E-state index contributed by atoms with van der Waals surface area (Å²) in [6, 6.07) is 0. The van der Waals surface area contributed by atoms with Crippen molar-refractivity contribution < 1.29 is 17.9 Å². The Morgan fingerprint density at radius 1 is 1.47 bits per heavy atom. The van der Waals surface area contributed by atoms with Crippen LogP contribution in [-0.4, -0.2) is 45.9 Å². The summed E-state index contributed by atoms with van der Waals surface area (Å²) in [7, 11) is 1.51. The minimum absolute atomic E-state index is 0.143. The summed E-state index contributed by atoms with van der Waals surface area (Å²) in [5.74, 6) is 0.509. The molecule has 0 saturated carbocycles. The molecular weight excluding hydrogens is 233 g/mol. The normalized spacial score (nSPS) is 12.0. The third-order valence-corrected chi connectivity index (χ3v) is 2.27. The molecule has 1 rings (SSSR count). The number of rotatable bonds is 5. The highest BCUT2D eigenvalue weighted by Crippen LogP contribution is 2.20. The highest BCUT2D eigenvalue weighted by molar-refractivity contribution is 7.99. The number of hydrogen-bond acceptors (Lipinski definition) is 5. The van der Waals surface area contributed by atoms with Crippen molar-refractivity contribution in [2.45, 2.75) is 17.9 Å².